The molecule has 0 radical (unpaired) electrons. The highest BCUT2D eigenvalue weighted by atomic mass is 15.2. The molecule has 0 amide bonds. The maximum atomic E-state index is 5.92. The lowest BCUT2D eigenvalue weighted by atomic mass is 10.1. The van der Waals surface area contributed by atoms with Crippen molar-refractivity contribution >= 4 is 11.5 Å². The molecule has 88 valence electrons. The Balaban J connectivity index is 2.14. The highest BCUT2D eigenvalue weighted by Gasteiger charge is 2.08. The van der Waals surface area contributed by atoms with Crippen molar-refractivity contribution in [2.24, 2.45) is 0 Å². The molecule has 0 saturated heterocycles. The van der Waals surface area contributed by atoms with Gasteiger partial charge < -0.3 is 11.1 Å². The van der Waals surface area contributed by atoms with E-state index in [9.17, 15) is 0 Å². The van der Waals surface area contributed by atoms with Gasteiger partial charge in [-0.25, -0.2) is 0 Å². The van der Waals surface area contributed by atoms with E-state index in [1.807, 2.05) is 50.2 Å². The zero-order valence-corrected chi connectivity index (χ0v) is 10.0. The summed E-state index contributed by atoms with van der Waals surface area (Å²) in [4.78, 5) is 0. The van der Waals surface area contributed by atoms with Crippen LogP contribution in [0.2, 0.25) is 0 Å². The minimum absolute atomic E-state index is 0.105. The number of nitrogens with zero attached hydrogens (tertiary/aromatic N) is 2. The SMILES string of the molecule is Cc1ccc(NC(C)c2ccccc2N)nn1. The molecule has 1 aromatic heterocycles. The largest absolute Gasteiger partial charge is 0.398 e. The van der Waals surface area contributed by atoms with Crippen LogP contribution >= 0.6 is 0 Å². The van der Waals surface area contributed by atoms with Crippen molar-refractivity contribution < 1.29 is 0 Å². The molecule has 0 aliphatic rings. The number of hydrogen-bond acceptors (Lipinski definition) is 4. The summed E-state index contributed by atoms with van der Waals surface area (Å²) in [5.74, 6) is 0.756. The molecule has 1 atom stereocenters. The van der Waals surface area contributed by atoms with E-state index in [2.05, 4.69) is 15.5 Å². The van der Waals surface area contributed by atoms with Crippen molar-refractivity contribution in [1.82, 2.24) is 10.2 Å². The molecule has 1 heterocycles. The van der Waals surface area contributed by atoms with Crippen molar-refractivity contribution in [3.05, 3.63) is 47.7 Å². The van der Waals surface area contributed by atoms with Crippen LogP contribution in [-0.4, -0.2) is 10.2 Å². The van der Waals surface area contributed by atoms with E-state index in [1.54, 1.807) is 0 Å². The summed E-state index contributed by atoms with van der Waals surface area (Å²) >= 11 is 0. The van der Waals surface area contributed by atoms with Gasteiger partial charge in [0.1, 0.15) is 5.82 Å². The number of para-hydroxylation sites is 1. The quantitative estimate of drug-likeness (QED) is 0.792. The third kappa shape index (κ3) is 2.72. The average Bonchev–Trinajstić information content (AvgIpc) is 2.32. The van der Waals surface area contributed by atoms with Crippen LogP contribution in [0.1, 0.15) is 24.2 Å². The lowest BCUT2D eigenvalue weighted by Gasteiger charge is -2.16. The molecule has 0 aliphatic heterocycles. The van der Waals surface area contributed by atoms with Crippen LogP contribution in [0.25, 0.3) is 0 Å². The van der Waals surface area contributed by atoms with Crippen LogP contribution in [-0.2, 0) is 0 Å². The van der Waals surface area contributed by atoms with E-state index < -0.39 is 0 Å². The predicted octanol–water partition coefficient (Wildman–Crippen LogP) is 2.54. The Kier molecular flexibility index (Phi) is 3.23. The number of nitrogen functional groups attached to an aromatic ring is 1. The zero-order valence-electron chi connectivity index (χ0n) is 10.0. The maximum Gasteiger partial charge on any atom is 0.149 e. The summed E-state index contributed by atoms with van der Waals surface area (Å²) in [6, 6.07) is 11.8. The molecule has 4 nitrogen and oxygen atoms in total. The second-order valence-electron chi connectivity index (χ2n) is 4.05. The van der Waals surface area contributed by atoms with E-state index in [0.29, 0.717) is 0 Å². The average molecular weight is 228 g/mol. The highest BCUT2D eigenvalue weighted by Crippen LogP contribution is 2.22. The molecular formula is C13H16N4. The Bertz CT molecular complexity index is 493. The van der Waals surface area contributed by atoms with Gasteiger partial charge in [-0.3, -0.25) is 0 Å². The van der Waals surface area contributed by atoms with Gasteiger partial charge in [-0.05, 0) is 37.6 Å². The maximum absolute atomic E-state index is 5.92. The van der Waals surface area contributed by atoms with E-state index in [0.717, 1.165) is 22.8 Å². The molecule has 3 N–H and O–H groups in total. The van der Waals surface area contributed by atoms with Gasteiger partial charge in [-0.2, -0.15) is 5.10 Å². The first-order chi connectivity index (χ1) is 8.16. The van der Waals surface area contributed by atoms with Gasteiger partial charge >= 0.3 is 0 Å². The highest BCUT2D eigenvalue weighted by molar-refractivity contribution is 5.50. The van der Waals surface area contributed by atoms with Crippen molar-refractivity contribution in [2.45, 2.75) is 19.9 Å². The van der Waals surface area contributed by atoms with Crippen molar-refractivity contribution in [3.8, 4) is 0 Å². The number of nitrogens with two attached hydrogens (primary N) is 1. The first-order valence-corrected chi connectivity index (χ1v) is 5.58. The minimum atomic E-state index is 0.105. The molecule has 0 aliphatic carbocycles. The summed E-state index contributed by atoms with van der Waals surface area (Å²) in [7, 11) is 0. The molecule has 0 fully saturated rings. The second-order valence-corrected chi connectivity index (χ2v) is 4.05. The fourth-order valence-electron chi connectivity index (χ4n) is 1.68. The summed E-state index contributed by atoms with van der Waals surface area (Å²) in [6.07, 6.45) is 0. The Morgan fingerprint density at radius 3 is 2.53 bits per heavy atom. The fourth-order valence-corrected chi connectivity index (χ4v) is 1.68. The smallest absolute Gasteiger partial charge is 0.149 e. The third-order valence-electron chi connectivity index (χ3n) is 2.62. The van der Waals surface area contributed by atoms with Crippen LogP contribution in [0.3, 0.4) is 0 Å². The van der Waals surface area contributed by atoms with Crippen LogP contribution in [0.5, 0.6) is 0 Å². The van der Waals surface area contributed by atoms with Gasteiger partial charge in [-0.15, -0.1) is 5.10 Å². The summed E-state index contributed by atoms with van der Waals surface area (Å²) in [5, 5.41) is 11.3. The molecule has 1 unspecified atom stereocenters. The normalized spacial score (nSPS) is 12.1. The van der Waals surface area contributed by atoms with Crippen LogP contribution in [0.4, 0.5) is 11.5 Å². The molecule has 0 saturated carbocycles. The van der Waals surface area contributed by atoms with Gasteiger partial charge in [-0.1, -0.05) is 18.2 Å². The third-order valence-corrected chi connectivity index (χ3v) is 2.62. The molecule has 2 rings (SSSR count). The second kappa shape index (κ2) is 4.82. The molecule has 2 aromatic rings. The minimum Gasteiger partial charge on any atom is -0.398 e. The number of benzene rings is 1. The summed E-state index contributed by atoms with van der Waals surface area (Å²) in [5.41, 5.74) is 8.68. The summed E-state index contributed by atoms with van der Waals surface area (Å²) in [6.45, 7) is 3.96. The number of anilines is 2. The standard InChI is InChI=1S/C13H16N4/c1-9-7-8-13(17-16-9)15-10(2)11-5-3-4-6-12(11)14/h3-8,10H,14H2,1-2H3,(H,15,17). The lowest BCUT2D eigenvalue weighted by Crippen LogP contribution is -2.10. The Labute approximate surface area is 101 Å². The number of nitrogens with one attached hydrogen (secondary N) is 1. The molecule has 1 aromatic carbocycles. The van der Waals surface area contributed by atoms with E-state index >= 15 is 0 Å². The van der Waals surface area contributed by atoms with Crippen molar-refractivity contribution in [2.75, 3.05) is 11.1 Å². The first kappa shape index (κ1) is 11.4. The zero-order chi connectivity index (χ0) is 12.3. The fraction of sp³-hybridized carbons (Fsp3) is 0.231. The van der Waals surface area contributed by atoms with Gasteiger partial charge in [0.25, 0.3) is 0 Å². The topological polar surface area (TPSA) is 63.8 Å². The Hall–Kier alpha value is -2.10. The van der Waals surface area contributed by atoms with E-state index in [4.69, 9.17) is 5.73 Å². The van der Waals surface area contributed by atoms with Gasteiger partial charge in [0, 0.05) is 5.69 Å². The Morgan fingerprint density at radius 1 is 1.12 bits per heavy atom. The van der Waals surface area contributed by atoms with Crippen LogP contribution in [0.15, 0.2) is 36.4 Å². The molecule has 4 heteroatoms. The van der Waals surface area contributed by atoms with E-state index in [1.165, 1.54) is 0 Å². The molecular weight excluding hydrogens is 212 g/mol. The molecule has 0 bridgehead atoms. The molecule has 17 heavy (non-hydrogen) atoms. The van der Waals surface area contributed by atoms with Gasteiger partial charge in [0.05, 0.1) is 11.7 Å². The predicted molar refractivity (Wildman–Crippen MR) is 69.7 cm³/mol. The van der Waals surface area contributed by atoms with Gasteiger partial charge in [0.2, 0.25) is 0 Å². The lowest BCUT2D eigenvalue weighted by molar-refractivity contribution is 0.858. The molecule has 0 spiro atoms. The number of aryl methyl sites for hydroxylation is 1. The monoisotopic (exact) mass is 228 g/mol. The van der Waals surface area contributed by atoms with Crippen molar-refractivity contribution in [1.29, 1.82) is 0 Å². The first-order valence-electron chi connectivity index (χ1n) is 5.58. The van der Waals surface area contributed by atoms with Crippen LogP contribution in [0, 0.1) is 6.92 Å². The number of rotatable bonds is 3. The van der Waals surface area contributed by atoms with Crippen LogP contribution < -0.4 is 11.1 Å². The summed E-state index contributed by atoms with van der Waals surface area (Å²) < 4.78 is 0. The van der Waals surface area contributed by atoms with Crippen molar-refractivity contribution in [3.63, 3.8) is 0 Å². The number of hydrogen-bond donors (Lipinski definition) is 2. The number of aromatic nitrogens is 2. The Morgan fingerprint density at radius 2 is 1.88 bits per heavy atom. The van der Waals surface area contributed by atoms with E-state index in [-0.39, 0.29) is 6.04 Å². The van der Waals surface area contributed by atoms with Gasteiger partial charge in [0.15, 0.2) is 0 Å².